The first kappa shape index (κ1) is 20.9. The van der Waals surface area contributed by atoms with Crippen LogP contribution in [-0.2, 0) is 0 Å². The number of halogens is 1. The summed E-state index contributed by atoms with van der Waals surface area (Å²) < 4.78 is 7.27. The minimum absolute atomic E-state index is 0. The van der Waals surface area contributed by atoms with Gasteiger partial charge >= 0.3 is 0 Å². The van der Waals surface area contributed by atoms with Gasteiger partial charge in [-0.05, 0) is 35.4 Å². The number of nitrogens with zero attached hydrogens (tertiary/aromatic N) is 3. The molecule has 2 aromatic carbocycles. The van der Waals surface area contributed by atoms with Gasteiger partial charge in [0.05, 0.1) is 6.61 Å². The molecule has 156 valence electrons. The van der Waals surface area contributed by atoms with Crippen molar-refractivity contribution in [3.63, 3.8) is 0 Å². The summed E-state index contributed by atoms with van der Waals surface area (Å²) in [6.07, 6.45) is 2.91. The lowest BCUT2D eigenvalue weighted by Crippen LogP contribution is -2.46. The fraction of sp³-hybridized carbons (Fsp3) is 0.292. The van der Waals surface area contributed by atoms with E-state index in [1.807, 2.05) is 35.7 Å². The molecular formula is C24H26ClN3OS. The molecule has 0 radical (unpaired) electrons. The molecule has 0 aliphatic carbocycles. The van der Waals surface area contributed by atoms with Crippen LogP contribution in [0.25, 0.3) is 20.9 Å². The first-order chi connectivity index (χ1) is 14.4. The van der Waals surface area contributed by atoms with Crippen molar-refractivity contribution in [2.45, 2.75) is 6.42 Å². The van der Waals surface area contributed by atoms with Gasteiger partial charge in [0.2, 0.25) is 5.88 Å². The first-order valence-electron chi connectivity index (χ1n) is 10.3. The van der Waals surface area contributed by atoms with Gasteiger partial charge in [-0.25, -0.2) is 4.98 Å². The van der Waals surface area contributed by atoms with Crippen molar-refractivity contribution in [1.82, 2.24) is 9.88 Å². The summed E-state index contributed by atoms with van der Waals surface area (Å²) in [6, 6.07) is 19.2. The maximum absolute atomic E-state index is 5.89. The third-order valence-electron chi connectivity index (χ3n) is 5.66. The van der Waals surface area contributed by atoms with Crippen molar-refractivity contribution in [3.8, 4) is 5.88 Å². The van der Waals surface area contributed by atoms with Crippen LogP contribution in [0.2, 0.25) is 0 Å². The van der Waals surface area contributed by atoms with E-state index in [0.29, 0.717) is 6.61 Å². The predicted molar refractivity (Wildman–Crippen MR) is 130 cm³/mol. The third kappa shape index (κ3) is 4.53. The SMILES string of the molecule is Cl.c1ccc2cc(OCCCN3CCN(c4cccc5sccc45)CC3)ncc2c1. The highest BCUT2D eigenvalue weighted by Gasteiger charge is 2.18. The Hall–Kier alpha value is -2.34. The quantitative estimate of drug-likeness (QED) is 0.373. The first-order valence-corrected chi connectivity index (χ1v) is 11.2. The van der Waals surface area contributed by atoms with Crippen molar-refractivity contribution in [2.75, 3.05) is 44.2 Å². The molecule has 1 saturated heterocycles. The molecule has 5 rings (SSSR count). The lowest BCUT2D eigenvalue weighted by Gasteiger charge is -2.36. The number of pyridine rings is 1. The van der Waals surface area contributed by atoms with E-state index >= 15 is 0 Å². The van der Waals surface area contributed by atoms with Gasteiger partial charge in [0.1, 0.15) is 0 Å². The van der Waals surface area contributed by atoms with E-state index in [-0.39, 0.29) is 12.4 Å². The van der Waals surface area contributed by atoms with Gasteiger partial charge in [0.25, 0.3) is 0 Å². The number of fused-ring (bicyclic) bond motifs is 2. The van der Waals surface area contributed by atoms with Crippen LogP contribution in [0.1, 0.15) is 6.42 Å². The molecule has 0 spiro atoms. The van der Waals surface area contributed by atoms with Crippen LogP contribution in [0.3, 0.4) is 0 Å². The topological polar surface area (TPSA) is 28.6 Å². The predicted octanol–water partition coefficient (Wildman–Crippen LogP) is 5.46. The molecule has 0 N–H and O–H groups in total. The van der Waals surface area contributed by atoms with E-state index in [1.165, 1.54) is 21.2 Å². The Morgan fingerprint density at radius 1 is 0.933 bits per heavy atom. The number of hydrogen-bond donors (Lipinski definition) is 0. The number of thiophene rings is 1. The number of benzene rings is 2. The van der Waals surface area contributed by atoms with Gasteiger partial charge in [-0.2, -0.15) is 0 Å². The zero-order valence-electron chi connectivity index (χ0n) is 16.9. The van der Waals surface area contributed by atoms with Gasteiger partial charge in [0.15, 0.2) is 0 Å². The average molecular weight is 440 g/mol. The average Bonchev–Trinajstić information content (AvgIpc) is 3.26. The monoisotopic (exact) mass is 439 g/mol. The number of anilines is 1. The Balaban J connectivity index is 0.00000218. The molecule has 0 atom stereocenters. The third-order valence-corrected chi connectivity index (χ3v) is 6.54. The van der Waals surface area contributed by atoms with Gasteiger partial charge < -0.3 is 9.64 Å². The smallest absolute Gasteiger partial charge is 0.213 e. The largest absolute Gasteiger partial charge is 0.478 e. The van der Waals surface area contributed by atoms with E-state index in [0.717, 1.165) is 50.4 Å². The molecule has 0 saturated carbocycles. The molecule has 0 unspecified atom stereocenters. The summed E-state index contributed by atoms with van der Waals surface area (Å²) in [4.78, 5) is 9.49. The Kier molecular flexibility index (Phi) is 6.72. The van der Waals surface area contributed by atoms with E-state index in [2.05, 4.69) is 56.6 Å². The van der Waals surface area contributed by atoms with Crippen molar-refractivity contribution in [2.24, 2.45) is 0 Å². The zero-order valence-corrected chi connectivity index (χ0v) is 18.5. The van der Waals surface area contributed by atoms with Crippen LogP contribution in [0.4, 0.5) is 5.69 Å². The summed E-state index contributed by atoms with van der Waals surface area (Å²) in [5, 5.41) is 5.90. The second kappa shape index (κ2) is 9.65. The maximum atomic E-state index is 5.89. The zero-order chi connectivity index (χ0) is 19.5. The maximum Gasteiger partial charge on any atom is 0.213 e. The van der Waals surface area contributed by atoms with Gasteiger partial charge in [-0.1, -0.05) is 30.3 Å². The number of ether oxygens (including phenoxy) is 1. The minimum atomic E-state index is 0. The summed E-state index contributed by atoms with van der Waals surface area (Å²) in [5.41, 5.74) is 1.38. The number of piperazine rings is 1. The summed E-state index contributed by atoms with van der Waals surface area (Å²) in [5.74, 6) is 0.720. The standard InChI is InChI=1S/C24H25N3OS.ClH/c1-2-6-20-18-25-24(17-19(20)5-1)28-15-4-10-26-11-13-27(14-12-26)22-7-3-8-23-21(22)9-16-29-23;/h1-3,5-9,16-18H,4,10-15H2;1H. The van der Waals surface area contributed by atoms with Crippen LogP contribution in [0, 0.1) is 0 Å². The molecule has 3 heterocycles. The van der Waals surface area contributed by atoms with Crippen molar-refractivity contribution in [3.05, 3.63) is 66.2 Å². The number of hydrogen-bond acceptors (Lipinski definition) is 5. The Morgan fingerprint density at radius 3 is 2.63 bits per heavy atom. The van der Waals surface area contributed by atoms with Crippen molar-refractivity contribution in [1.29, 1.82) is 0 Å². The fourth-order valence-electron chi connectivity index (χ4n) is 4.07. The minimum Gasteiger partial charge on any atom is -0.478 e. The lowest BCUT2D eigenvalue weighted by atomic mass is 10.2. The van der Waals surface area contributed by atoms with E-state index in [4.69, 9.17) is 4.74 Å². The van der Waals surface area contributed by atoms with Crippen LogP contribution >= 0.6 is 23.7 Å². The normalized spacial score (nSPS) is 14.7. The molecule has 0 bridgehead atoms. The second-order valence-corrected chi connectivity index (χ2v) is 8.46. The second-order valence-electron chi connectivity index (χ2n) is 7.51. The summed E-state index contributed by atoms with van der Waals surface area (Å²) in [7, 11) is 0. The van der Waals surface area contributed by atoms with Crippen molar-refractivity contribution >= 4 is 50.3 Å². The molecular weight excluding hydrogens is 414 g/mol. The molecule has 1 fully saturated rings. The van der Waals surface area contributed by atoms with E-state index < -0.39 is 0 Å². The summed E-state index contributed by atoms with van der Waals surface area (Å²) in [6.45, 7) is 6.16. The van der Waals surface area contributed by atoms with Gasteiger partial charge in [-0.15, -0.1) is 23.7 Å². The Labute approximate surface area is 187 Å². The van der Waals surface area contributed by atoms with Crippen LogP contribution in [0.5, 0.6) is 5.88 Å². The fourth-order valence-corrected chi connectivity index (χ4v) is 4.88. The Bertz CT molecular complexity index is 1110. The highest BCUT2D eigenvalue weighted by atomic mass is 35.5. The summed E-state index contributed by atoms with van der Waals surface area (Å²) >= 11 is 1.82. The number of rotatable bonds is 6. The molecule has 0 amide bonds. The molecule has 6 heteroatoms. The Morgan fingerprint density at radius 2 is 1.77 bits per heavy atom. The van der Waals surface area contributed by atoms with Gasteiger partial charge in [-0.3, -0.25) is 4.90 Å². The molecule has 4 nitrogen and oxygen atoms in total. The van der Waals surface area contributed by atoms with Crippen LogP contribution < -0.4 is 9.64 Å². The number of aromatic nitrogens is 1. The molecule has 1 aliphatic heterocycles. The highest BCUT2D eigenvalue weighted by molar-refractivity contribution is 7.17. The van der Waals surface area contributed by atoms with E-state index in [9.17, 15) is 0 Å². The van der Waals surface area contributed by atoms with Crippen LogP contribution in [-0.4, -0.2) is 49.2 Å². The lowest BCUT2D eigenvalue weighted by molar-refractivity contribution is 0.222. The molecule has 2 aromatic heterocycles. The van der Waals surface area contributed by atoms with Crippen molar-refractivity contribution < 1.29 is 4.74 Å². The molecule has 30 heavy (non-hydrogen) atoms. The van der Waals surface area contributed by atoms with Gasteiger partial charge in [0, 0.05) is 66.1 Å². The van der Waals surface area contributed by atoms with E-state index in [1.54, 1.807) is 0 Å². The molecule has 1 aliphatic rings. The highest BCUT2D eigenvalue weighted by Crippen LogP contribution is 2.31. The molecule has 4 aromatic rings. The van der Waals surface area contributed by atoms with Crippen LogP contribution in [0.15, 0.2) is 66.2 Å².